The van der Waals surface area contributed by atoms with Gasteiger partial charge in [-0.15, -0.1) is 0 Å². The van der Waals surface area contributed by atoms with E-state index in [-0.39, 0.29) is 5.82 Å². The average molecular weight is 227 g/mol. The Labute approximate surface area is 98.1 Å². The van der Waals surface area contributed by atoms with Gasteiger partial charge in [0.2, 0.25) is 0 Å². The van der Waals surface area contributed by atoms with Crippen LogP contribution in [0.4, 0.5) is 4.39 Å². The van der Waals surface area contributed by atoms with E-state index in [1.54, 1.807) is 18.3 Å². The first kappa shape index (κ1) is 10.0. The molecule has 0 amide bonds. The lowest BCUT2D eigenvalue weighted by molar-refractivity contribution is 0.626. The Kier molecular flexibility index (Phi) is 2.19. The maximum atomic E-state index is 13.9. The molecule has 0 bridgehead atoms. The number of hydrogen-bond donors (Lipinski definition) is 0. The lowest BCUT2D eigenvalue weighted by Gasteiger charge is -2.07. The van der Waals surface area contributed by atoms with Crippen molar-refractivity contribution in [3.05, 3.63) is 41.5 Å². The topological polar surface area (TPSA) is 41.6 Å². The number of fused-ring (bicyclic) bond motifs is 1. The summed E-state index contributed by atoms with van der Waals surface area (Å²) < 4.78 is 15.9. The van der Waals surface area contributed by atoms with Gasteiger partial charge in [-0.3, -0.25) is 0 Å². The Hall–Kier alpha value is -2.15. The van der Waals surface area contributed by atoms with Gasteiger partial charge in [-0.2, -0.15) is 5.26 Å². The van der Waals surface area contributed by atoms with Crippen LogP contribution >= 0.6 is 0 Å². The Morgan fingerprint density at radius 2 is 2.29 bits per heavy atom. The molecular weight excluding hydrogens is 217 g/mol. The van der Waals surface area contributed by atoms with Crippen molar-refractivity contribution in [1.29, 1.82) is 5.26 Å². The monoisotopic (exact) mass is 227 g/mol. The summed E-state index contributed by atoms with van der Waals surface area (Å²) in [6.07, 6.45) is 3.81. The second-order valence-corrected chi connectivity index (χ2v) is 4.10. The highest BCUT2D eigenvalue weighted by atomic mass is 19.1. The largest absolute Gasteiger partial charge is 0.328 e. The van der Waals surface area contributed by atoms with Gasteiger partial charge in [-0.25, -0.2) is 9.37 Å². The number of hydrogen-bond acceptors (Lipinski definition) is 2. The third kappa shape index (κ3) is 1.43. The Balaban J connectivity index is 2.26. The van der Waals surface area contributed by atoms with E-state index in [9.17, 15) is 4.39 Å². The molecule has 0 radical (unpaired) electrons. The number of aryl methyl sites for hydroxylation is 1. The number of imidazole rings is 1. The molecular formula is C13H10FN3. The molecule has 0 N–H and O–H groups in total. The molecule has 84 valence electrons. The van der Waals surface area contributed by atoms with Gasteiger partial charge >= 0.3 is 0 Å². The molecule has 2 aromatic rings. The molecule has 3 rings (SSSR count). The standard InChI is InChI=1S/C13H10FN3/c14-11-5-1-3-9(7-15)12(11)13-16-8-10-4-2-6-17(10)13/h1,3,5,8H,2,4,6H2. The van der Waals surface area contributed by atoms with Gasteiger partial charge in [-0.1, -0.05) is 6.07 Å². The van der Waals surface area contributed by atoms with Crippen molar-refractivity contribution in [2.75, 3.05) is 0 Å². The van der Waals surface area contributed by atoms with Crippen LogP contribution in [-0.4, -0.2) is 9.55 Å². The molecule has 17 heavy (non-hydrogen) atoms. The van der Waals surface area contributed by atoms with Crippen molar-refractivity contribution < 1.29 is 4.39 Å². The molecule has 2 heterocycles. The van der Waals surface area contributed by atoms with Gasteiger partial charge in [0.25, 0.3) is 0 Å². The molecule has 1 aromatic carbocycles. The zero-order valence-corrected chi connectivity index (χ0v) is 9.15. The molecule has 4 heteroatoms. The molecule has 0 fully saturated rings. The van der Waals surface area contributed by atoms with Crippen LogP contribution in [0.15, 0.2) is 24.4 Å². The molecule has 1 aliphatic heterocycles. The van der Waals surface area contributed by atoms with E-state index >= 15 is 0 Å². The van der Waals surface area contributed by atoms with E-state index in [2.05, 4.69) is 4.98 Å². The summed E-state index contributed by atoms with van der Waals surface area (Å²) in [5.74, 6) is 0.191. The van der Waals surface area contributed by atoms with Gasteiger partial charge in [-0.05, 0) is 25.0 Å². The Morgan fingerprint density at radius 3 is 3.12 bits per heavy atom. The van der Waals surface area contributed by atoms with E-state index in [0.717, 1.165) is 25.1 Å². The second-order valence-electron chi connectivity index (χ2n) is 4.10. The molecule has 0 atom stereocenters. The molecule has 0 aliphatic carbocycles. The summed E-state index contributed by atoms with van der Waals surface area (Å²) in [6.45, 7) is 0.851. The minimum atomic E-state index is -0.385. The molecule has 3 nitrogen and oxygen atoms in total. The highest BCUT2D eigenvalue weighted by Crippen LogP contribution is 2.29. The van der Waals surface area contributed by atoms with E-state index < -0.39 is 0 Å². The maximum absolute atomic E-state index is 13.9. The lowest BCUT2D eigenvalue weighted by Crippen LogP contribution is -2.00. The van der Waals surface area contributed by atoms with Crippen LogP contribution in [0.25, 0.3) is 11.4 Å². The lowest BCUT2D eigenvalue weighted by atomic mass is 10.1. The summed E-state index contributed by atoms with van der Waals surface area (Å²) in [6, 6.07) is 6.56. The number of nitrogens with zero attached hydrogens (tertiary/aromatic N) is 3. The number of halogens is 1. The van der Waals surface area contributed by atoms with Gasteiger partial charge < -0.3 is 4.57 Å². The van der Waals surface area contributed by atoms with Crippen molar-refractivity contribution >= 4 is 0 Å². The zero-order chi connectivity index (χ0) is 11.8. The van der Waals surface area contributed by atoms with Crippen LogP contribution < -0.4 is 0 Å². The molecule has 1 aromatic heterocycles. The van der Waals surface area contributed by atoms with Crippen LogP contribution in [0.5, 0.6) is 0 Å². The Morgan fingerprint density at radius 1 is 1.41 bits per heavy atom. The third-order valence-corrected chi connectivity index (χ3v) is 3.11. The molecule has 0 saturated carbocycles. The van der Waals surface area contributed by atoms with Gasteiger partial charge in [0.15, 0.2) is 0 Å². The van der Waals surface area contributed by atoms with Crippen LogP contribution in [0, 0.1) is 17.1 Å². The predicted molar refractivity (Wildman–Crippen MR) is 60.7 cm³/mol. The van der Waals surface area contributed by atoms with Crippen LogP contribution in [0.2, 0.25) is 0 Å². The summed E-state index contributed by atoms with van der Waals surface area (Å²) in [5, 5.41) is 9.04. The summed E-state index contributed by atoms with van der Waals surface area (Å²) in [7, 11) is 0. The van der Waals surface area contributed by atoms with Gasteiger partial charge in [0.1, 0.15) is 11.6 Å². The minimum Gasteiger partial charge on any atom is -0.328 e. The molecule has 0 spiro atoms. The first-order valence-electron chi connectivity index (χ1n) is 5.54. The van der Waals surface area contributed by atoms with Crippen LogP contribution in [-0.2, 0) is 13.0 Å². The Bertz CT molecular complexity index is 622. The van der Waals surface area contributed by atoms with E-state index in [1.165, 1.54) is 6.07 Å². The summed E-state index contributed by atoms with van der Waals surface area (Å²) >= 11 is 0. The highest BCUT2D eigenvalue weighted by Gasteiger charge is 2.21. The third-order valence-electron chi connectivity index (χ3n) is 3.11. The number of benzene rings is 1. The normalized spacial score (nSPS) is 13.4. The van der Waals surface area contributed by atoms with E-state index in [0.29, 0.717) is 17.0 Å². The first-order valence-corrected chi connectivity index (χ1v) is 5.54. The number of aromatic nitrogens is 2. The summed E-state index contributed by atoms with van der Waals surface area (Å²) in [5.41, 5.74) is 1.78. The molecule has 0 saturated heterocycles. The van der Waals surface area contributed by atoms with Crippen molar-refractivity contribution in [3.8, 4) is 17.5 Å². The van der Waals surface area contributed by atoms with E-state index in [4.69, 9.17) is 5.26 Å². The fourth-order valence-electron chi connectivity index (χ4n) is 2.32. The van der Waals surface area contributed by atoms with Crippen molar-refractivity contribution in [3.63, 3.8) is 0 Å². The van der Waals surface area contributed by atoms with Crippen LogP contribution in [0.1, 0.15) is 17.7 Å². The first-order chi connectivity index (χ1) is 8.31. The molecule has 0 unspecified atom stereocenters. The van der Waals surface area contributed by atoms with Crippen molar-refractivity contribution in [2.45, 2.75) is 19.4 Å². The van der Waals surface area contributed by atoms with Gasteiger partial charge in [0, 0.05) is 18.4 Å². The fraction of sp³-hybridized carbons (Fsp3) is 0.231. The average Bonchev–Trinajstić information content (AvgIpc) is 2.91. The quantitative estimate of drug-likeness (QED) is 0.751. The summed E-state index contributed by atoms with van der Waals surface area (Å²) in [4.78, 5) is 4.25. The SMILES string of the molecule is N#Cc1cccc(F)c1-c1ncc2n1CCC2. The maximum Gasteiger partial charge on any atom is 0.144 e. The van der Waals surface area contributed by atoms with Gasteiger partial charge in [0.05, 0.1) is 17.2 Å². The number of nitriles is 1. The second kappa shape index (κ2) is 3.70. The fourth-order valence-corrected chi connectivity index (χ4v) is 2.32. The predicted octanol–water partition coefficient (Wildman–Crippen LogP) is 2.51. The minimum absolute atomic E-state index is 0.322. The van der Waals surface area contributed by atoms with E-state index in [1.807, 2.05) is 10.6 Å². The molecule has 1 aliphatic rings. The highest BCUT2D eigenvalue weighted by molar-refractivity contribution is 5.66. The van der Waals surface area contributed by atoms with Crippen molar-refractivity contribution in [2.24, 2.45) is 0 Å². The zero-order valence-electron chi connectivity index (χ0n) is 9.15. The smallest absolute Gasteiger partial charge is 0.144 e. The van der Waals surface area contributed by atoms with Crippen molar-refractivity contribution in [1.82, 2.24) is 9.55 Å². The number of rotatable bonds is 1. The van der Waals surface area contributed by atoms with Crippen LogP contribution in [0.3, 0.4) is 0 Å².